The predicted octanol–water partition coefficient (Wildman–Crippen LogP) is 5.99. The number of likely N-dealkylation sites (N-methyl/N-ethyl adjacent to an activating group) is 1. The molecule has 0 aliphatic heterocycles. The zero-order valence-electron chi connectivity index (χ0n) is 23.2. The van der Waals surface area contributed by atoms with Gasteiger partial charge >= 0.3 is 0 Å². The van der Waals surface area contributed by atoms with Crippen molar-refractivity contribution < 1.29 is 18.0 Å². The number of rotatable bonds is 11. The van der Waals surface area contributed by atoms with Crippen molar-refractivity contribution in [2.75, 3.05) is 17.9 Å². The number of hydrogen-bond donors (Lipinski definition) is 1. The van der Waals surface area contributed by atoms with E-state index in [1.807, 2.05) is 61.5 Å². The van der Waals surface area contributed by atoms with Crippen LogP contribution in [0.4, 0.5) is 5.69 Å². The standard InChI is InChI=1S/C32H31BrClN3O4S/c1-23-8-16-28(17-9-23)37(42(40,41)29-18-14-27(34)15-19-29)22-31(38)36(21-25-10-12-26(33)13-11-25)30(32(39)35-2)20-24-6-4-3-5-7-24/h3-19,30H,20-22H2,1-2H3,(H,35,39)/t30-/m1/s1. The normalized spacial score (nSPS) is 11.9. The molecule has 10 heteroatoms. The van der Waals surface area contributed by atoms with E-state index in [9.17, 15) is 18.0 Å². The number of anilines is 1. The van der Waals surface area contributed by atoms with Crippen LogP contribution in [0.15, 0.2) is 112 Å². The van der Waals surface area contributed by atoms with Crippen molar-refractivity contribution in [2.24, 2.45) is 0 Å². The van der Waals surface area contributed by atoms with Crippen molar-refractivity contribution in [3.05, 3.63) is 129 Å². The van der Waals surface area contributed by atoms with Crippen LogP contribution >= 0.6 is 27.5 Å². The first-order valence-electron chi connectivity index (χ1n) is 13.2. The molecule has 4 aromatic rings. The summed E-state index contributed by atoms with van der Waals surface area (Å²) in [5.41, 5.74) is 2.92. The van der Waals surface area contributed by atoms with E-state index in [-0.39, 0.29) is 23.8 Å². The molecule has 0 aliphatic rings. The van der Waals surface area contributed by atoms with E-state index in [0.29, 0.717) is 10.7 Å². The molecule has 2 amide bonds. The third-order valence-electron chi connectivity index (χ3n) is 6.79. The Bertz CT molecular complexity index is 1620. The summed E-state index contributed by atoms with van der Waals surface area (Å²) in [5.74, 6) is -0.882. The summed E-state index contributed by atoms with van der Waals surface area (Å²) in [6.07, 6.45) is 0.247. The number of halogens is 2. The molecule has 0 aromatic heterocycles. The van der Waals surface area contributed by atoms with Gasteiger partial charge in [-0.15, -0.1) is 0 Å². The summed E-state index contributed by atoms with van der Waals surface area (Å²) < 4.78 is 29.9. The first-order chi connectivity index (χ1) is 20.1. The van der Waals surface area contributed by atoms with Crippen LogP contribution in [0.1, 0.15) is 16.7 Å². The molecule has 0 spiro atoms. The van der Waals surface area contributed by atoms with Crippen LogP contribution in [0.25, 0.3) is 0 Å². The Morgan fingerprint density at radius 2 is 1.48 bits per heavy atom. The van der Waals surface area contributed by atoms with E-state index < -0.39 is 28.5 Å². The molecule has 0 radical (unpaired) electrons. The van der Waals surface area contributed by atoms with Crippen molar-refractivity contribution in [1.82, 2.24) is 10.2 Å². The summed E-state index contributed by atoms with van der Waals surface area (Å²) in [4.78, 5) is 29.0. The van der Waals surface area contributed by atoms with E-state index in [2.05, 4.69) is 21.2 Å². The Labute approximate surface area is 260 Å². The number of nitrogens with zero attached hydrogens (tertiary/aromatic N) is 2. The average Bonchev–Trinajstić information content (AvgIpc) is 2.99. The third-order valence-corrected chi connectivity index (χ3v) is 9.35. The highest BCUT2D eigenvalue weighted by Crippen LogP contribution is 2.26. The molecule has 0 saturated heterocycles. The number of carbonyl (C=O) groups is 2. The molecule has 7 nitrogen and oxygen atoms in total. The molecule has 42 heavy (non-hydrogen) atoms. The second kappa shape index (κ2) is 14.0. The molecule has 1 N–H and O–H groups in total. The number of sulfonamides is 1. The topological polar surface area (TPSA) is 86.8 Å². The lowest BCUT2D eigenvalue weighted by Gasteiger charge is -2.33. The number of benzene rings is 4. The minimum Gasteiger partial charge on any atom is -0.357 e. The molecule has 0 bridgehead atoms. The summed E-state index contributed by atoms with van der Waals surface area (Å²) in [6, 6.07) is 28.6. The minimum atomic E-state index is -4.18. The minimum absolute atomic E-state index is 0.00753. The largest absolute Gasteiger partial charge is 0.357 e. The summed E-state index contributed by atoms with van der Waals surface area (Å²) in [6.45, 7) is 1.47. The van der Waals surface area contributed by atoms with Gasteiger partial charge in [0, 0.05) is 29.5 Å². The van der Waals surface area contributed by atoms with E-state index in [4.69, 9.17) is 11.6 Å². The number of amides is 2. The summed E-state index contributed by atoms with van der Waals surface area (Å²) in [7, 11) is -2.66. The van der Waals surface area contributed by atoms with Gasteiger partial charge in [-0.05, 0) is 66.6 Å². The van der Waals surface area contributed by atoms with Gasteiger partial charge in [0.05, 0.1) is 10.6 Å². The number of carbonyl (C=O) groups excluding carboxylic acids is 2. The second-order valence-corrected chi connectivity index (χ2v) is 13.0. The smallest absolute Gasteiger partial charge is 0.264 e. The van der Waals surface area contributed by atoms with Crippen LogP contribution < -0.4 is 9.62 Å². The molecule has 0 heterocycles. The van der Waals surface area contributed by atoms with Gasteiger partial charge in [-0.2, -0.15) is 0 Å². The van der Waals surface area contributed by atoms with Crippen LogP contribution in [0.3, 0.4) is 0 Å². The molecule has 0 saturated carbocycles. The maximum absolute atomic E-state index is 14.3. The summed E-state index contributed by atoms with van der Waals surface area (Å²) in [5, 5.41) is 3.07. The van der Waals surface area contributed by atoms with Crippen molar-refractivity contribution in [3.8, 4) is 0 Å². The van der Waals surface area contributed by atoms with Gasteiger partial charge < -0.3 is 10.2 Å². The Morgan fingerprint density at radius 1 is 0.857 bits per heavy atom. The van der Waals surface area contributed by atoms with Gasteiger partial charge in [-0.1, -0.05) is 87.7 Å². The molecule has 218 valence electrons. The molecule has 1 atom stereocenters. The SMILES string of the molecule is CNC(=O)[C@@H](Cc1ccccc1)N(Cc1ccc(Br)cc1)C(=O)CN(c1ccc(C)cc1)S(=O)(=O)c1ccc(Cl)cc1. The number of hydrogen-bond acceptors (Lipinski definition) is 4. The lowest BCUT2D eigenvalue weighted by atomic mass is 10.0. The van der Waals surface area contributed by atoms with Gasteiger partial charge in [0.25, 0.3) is 10.0 Å². The molecular formula is C32H31BrClN3O4S. The Kier molecular flexibility index (Phi) is 10.4. The maximum atomic E-state index is 14.3. The van der Waals surface area contributed by atoms with Crippen LogP contribution in [-0.2, 0) is 32.6 Å². The summed E-state index contributed by atoms with van der Waals surface area (Å²) >= 11 is 9.46. The predicted molar refractivity (Wildman–Crippen MR) is 170 cm³/mol. The van der Waals surface area contributed by atoms with Crippen LogP contribution in [-0.4, -0.2) is 44.8 Å². The number of aryl methyl sites for hydroxylation is 1. The molecule has 4 rings (SSSR count). The highest BCUT2D eigenvalue weighted by Gasteiger charge is 2.34. The molecule has 0 aliphatic carbocycles. The maximum Gasteiger partial charge on any atom is 0.264 e. The number of nitrogens with one attached hydrogen (secondary N) is 1. The molecular weight excluding hydrogens is 638 g/mol. The van der Waals surface area contributed by atoms with Crippen LogP contribution in [0.5, 0.6) is 0 Å². The van der Waals surface area contributed by atoms with Gasteiger partial charge in [0.15, 0.2) is 0 Å². The zero-order valence-corrected chi connectivity index (χ0v) is 26.4. The lowest BCUT2D eigenvalue weighted by molar-refractivity contribution is -0.139. The van der Waals surface area contributed by atoms with Crippen molar-refractivity contribution >= 4 is 55.1 Å². The second-order valence-electron chi connectivity index (χ2n) is 9.77. The fraction of sp³-hybridized carbons (Fsp3) is 0.188. The van der Waals surface area contributed by atoms with Crippen molar-refractivity contribution in [2.45, 2.75) is 30.8 Å². The third kappa shape index (κ3) is 7.79. The van der Waals surface area contributed by atoms with Gasteiger partial charge in [-0.3, -0.25) is 13.9 Å². The van der Waals surface area contributed by atoms with Gasteiger partial charge in [-0.25, -0.2) is 8.42 Å². The van der Waals surface area contributed by atoms with E-state index in [1.165, 1.54) is 36.2 Å². The van der Waals surface area contributed by atoms with Crippen molar-refractivity contribution in [3.63, 3.8) is 0 Å². The van der Waals surface area contributed by atoms with Gasteiger partial charge in [0.2, 0.25) is 11.8 Å². The Balaban J connectivity index is 1.77. The molecule has 0 unspecified atom stereocenters. The quantitative estimate of drug-likeness (QED) is 0.213. The Hall–Kier alpha value is -3.66. The van der Waals surface area contributed by atoms with E-state index in [1.54, 1.807) is 24.3 Å². The van der Waals surface area contributed by atoms with E-state index >= 15 is 0 Å². The van der Waals surface area contributed by atoms with Gasteiger partial charge in [0.1, 0.15) is 12.6 Å². The monoisotopic (exact) mass is 667 g/mol. The average molecular weight is 669 g/mol. The fourth-order valence-electron chi connectivity index (χ4n) is 4.48. The zero-order chi connectivity index (χ0) is 30.3. The van der Waals surface area contributed by atoms with Crippen LogP contribution in [0, 0.1) is 6.92 Å². The Morgan fingerprint density at radius 3 is 2.07 bits per heavy atom. The fourth-order valence-corrected chi connectivity index (χ4v) is 6.29. The lowest BCUT2D eigenvalue weighted by Crippen LogP contribution is -2.53. The van der Waals surface area contributed by atoms with Crippen molar-refractivity contribution in [1.29, 1.82) is 0 Å². The first kappa shape index (κ1) is 31.3. The van der Waals surface area contributed by atoms with Crippen LogP contribution in [0.2, 0.25) is 5.02 Å². The molecule has 4 aromatic carbocycles. The highest BCUT2D eigenvalue weighted by molar-refractivity contribution is 9.10. The van der Waals surface area contributed by atoms with E-state index in [0.717, 1.165) is 25.5 Å². The highest BCUT2D eigenvalue weighted by atomic mass is 79.9. The first-order valence-corrected chi connectivity index (χ1v) is 15.8. The molecule has 0 fully saturated rings.